The lowest BCUT2D eigenvalue weighted by molar-refractivity contribution is 0.188. The largest absolute Gasteiger partial charge is 0.324 e. The zero-order chi connectivity index (χ0) is 14.4. The molecule has 1 aliphatic heterocycles. The number of hydrogen-bond donors (Lipinski definition) is 1. The fourth-order valence-electron chi connectivity index (χ4n) is 3.37. The van der Waals surface area contributed by atoms with E-state index in [0.29, 0.717) is 0 Å². The van der Waals surface area contributed by atoms with Gasteiger partial charge in [0.25, 0.3) is 0 Å². The summed E-state index contributed by atoms with van der Waals surface area (Å²) in [4.78, 5) is 2.68. The molecule has 0 aromatic heterocycles. The zero-order valence-corrected chi connectivity index (χ0v) is 13.1. The van der Waals surface area contributed by atoms with Crippen LogP contribution in [-0.4, -0.2) is 24.0 Å². The van der Waals surface area contributed by atoms with Gasteiger partial charge in [0.15, 0.2) is 0 Å². The Morgan fingerprint density at radius 2 is 2.15 bits per heavy atom. The van der Waals surface area contributed by atoms with Gasteiger partial charge in [0, 0.05) is 18.6 Å². The number of hydrogen-bond acceptors (Lipinski definition) is 2. The molecule has 1 aromatic carbocycles. The Kier molecular flexibility index (Phi) is 6.06. The predicted octanol–water partition coefficient (Wildman–Crippen LogP) is 4.04. The molecule has 2 unspecified atom stereocenters. The molecule has 2 nitrogen and oxygen atoms in total. The van der Waals surface area contributed by atoms with Crippen molar-refractivity contribution in [1.82, 2.24) is 4.90 Å². The van der Waals surface area contributed by atoms with E-state index in [1.807, 2.05) is 0 Å². The molecule has 112 valence electrons. The molecule has 2 heteroatoms. The van der Waals surface area contributed by atoms with Crippen molar-refractivity contribution < 1.29 is 0 Å². The van der Waals surface area contributed by atoms with E-state index in [9.17, 15) is 0 Å². The first-order valence-electron chi connectivity index (χ1n) is 8.27. The highest BCUT2D eigenvalue weighted by atomic mass is 15.2. The van der Waals surface area contributed by atoms with Gasteiger partial charge < -0.3 is 10.6 Å². The third-order valence-corrected chi connectivity index (χ3v) is 4.67. The minimum atomic E-state index is 0.177. The van der Waals surface area contributed by atoms with E-state index in [1.165, 1.54) is 49.8 Å². The summed E-state index contributed by atoms with van der Waals surface area (Å²) in [7, 11) is 0. The van der Waals surface area contributed by atoms with Crippen molar-refractivity contribution in [2.24, 2.45) is 5.73 Å². The second kappa shape index (κ2) is 7.80. The minimum absolute atomic E-state index is 0.177. The quantitative estimate of drug-likeness (QED) is 0.878. The van der Waals surface area contributed by atoms with Crippen LogP contribution in [0.15, 0.2) is 24.3 Å². The van der Waals surface area contributed by atoms with Gasteiger partial charge >= 0.3 is 0 Å². The molecule has 0 spiro atoms. The van der Waals surface area contributed by atoms with E-state index >= 15 is 0 Å². The van der Waals surface area contributed by atoms with Crippen LogP contribution in [0.3, 0.4) is 0 Å². The normalized spacial score (nSPS) is 22.4. The molecule has 2 rings (SSSR count). The van der Waals surface area contributed by atoms with E-state index in [4.69, 9.17) is 5.73 Å². The Labute approximate surface area is 124 Å². The Bertz CT molecular complexity index is 402. The maximum absolute atomic E-state index is 6.38. The van der Waals surface area contributed by atoms with Crippen LogP contribution >= 0.6 is 0 Å². The summed E-state index contributed by atoms with van der Waals surface area (Å²) in [5, 5.41) is 0. The van der Waals surface area contributed by atoms with Gasteiger partial charge in [0.05, 0.1) is 0 Å². The molecule has 1 aliphatic rings. The van der Waals surface area contributed by atoms with E-state index in [-0.39, 0.29) is 6.04 Å². The summed E-state index contributed by atoms with van der Waals surface area (Å²) < 4.78 is 0. The number of nitrogens with zero attached hydrogens (tertiary/aromatic N) is 1. The molecule has 0 radical (unpaired) electrons. The monoisotopic (exact) mass is 274 g/mol. The van der Waals surface area contributed by atoms with Crippen LogP contribution in [0.4, 0.5) is 0 Å². The average molecular weight is 274 g/mol. The van der Waals surface area contributed by atoms with Gasteiger partial charge in [-0.3, -0.25) is 0 Å². The molecule has 0 amide bonds. The number of benzene rings is 1. The minimum Gasteiger partial charge on any atom is -0.324 e. The molecular formula is C18H30N2. The van der Waals surface area contributed by atoms with Crippen molar-refractivity contribution in [2.75, 3.05) is 13.1 Å². The second-order valence-corrected chi connectivity index (χ2v) is 6.26. The summed E-state index contributed by atoms with van der Waals surface area (Å²) in [6.45, 7) is 6.87. The molecule has 2 N–H and O–H groups in total. The predicted molar refractivity (Wildman–Crippen MR) is 86.8 cm³/mol. The van der Waals surface area contributed by atoms with Crippen molar-refractivity contribution in [3.05, 3.63) is 35.4 Å². The summed E-state index contributed by atoms with van der Waals surface area (Å²) >= 11 is 0. The van der Waals surface area contributed by atoms with Crippen molar-refractivity contribution >= 4 is 0 Å². The lowest BCUT2D eigenvalue weighted by Crippen LogP contribution is -2.36. The molecule has 1 aromatic rings. The highest BCUT2D eigenvalue weighted by Gasteiger charge is 2.19. The fourth-order valence-corrected chi connectivity index (χ4v) is 3.37. The SMILES string of the molecule is CCC1CCCCCN1CCC(N)c1cccc(C)c1. The van der Waals surface area contributed by atoms with E-state index in [2.05, 4.69) is 43.0 Å². The molecule has 1 saturated heterocycles. The molecule has 0 aliphatic carbocycles. The van der Waals surface area contributed by atoms with Gasteiger partial charge in [-0.2, -0.15) is 0 Å². The Morgan fingerprint density at radius 3 is 2.90 bits per heavy atom. The van der Waals surface area contributed by atoms with Crippen molar-refractivity contribution in [3.8, 4) is 0 Å². The van der Waals surface area contributed by atoms with Crippen LogP contribution in [-0.2, 0) is 0 Å². The van der Waals surface area contributed by atoms with Gasteiger partial charge in [0.2, 0.25) is 0 Å². The van der Waals surface area contributed by atoms with Gasteiger partial charge in [-0.25, -0.2) is 0 Å². The first-order chi connectivity index (χ1) is 9.70. The molecule has 20 heavy (non-hydrogen) atoms. The standard InChI is InChI=1S/C18H30N2/c1-3-17-10-5-4-6-12-20(17)13-11-18(19)16-9-7-8-15(2)14-16/h7-9,14,17-18H,3-6,10-13,19H2,1-2H3. The van der Waals surface area contributed by atoms with Crippen LogP contribution in [0.1, 0.15) is 62.6 Å². The van der Waals surface area contributed by atoms with Gasteiger partial charge in [-0.15, -0.1) is 0 Å². The Morgan fingerprint density at radius 1 is 1.30 bits per heavy atom. The first kappa shape index (κ1) is 15.5. The summed E-state index contributed by atoms with van der Waals surface area (Å²) in [5.41, 5.74) is 8.97. The van der Waals surface area contributed by atoms with Crippen LogP contribution in [0.25, 0.3) is 0 Å². The lowest BCUT2D eigenvalue weighted by Gasteiger charge is -2.30. The number of likely N-dealkylation sites (tertiary alicyclic amines) is 1. The van der Waals surface area contributed by atoms with Crippen LogP contribution < -0.4 is 5.73 Å². The topological polar surface area (TPSA) is 29.3 Å². The van der Waals surface area contributed by atoms with Crippen LogP contribution in [0.5, 0.6) is 0 Å². The smallest absolute Gasteiger partial charge is 0.0307 e. The number of nitrogens with two attached hydrogens (primary N) is 1. The average Bonchev–Trinajstić information content (AvgIpc) is 2.69. The summed E-state index contributed by atoms with van der Waals surface area (Å²) in [6, 6.07) is 9.60. The van der Waals surface area contributed by atoms with Crippen molar-refractivity contribution in [1.29, 1.82) is 0 Å². The molecule has 0 saturated carbocycles. The highest BCUT2D eigenvalue weighted by Crippen LogP contribution is 2.22. The van der Waals surface area contributed by atoms with Gasteiger partial charge in [-0.1, -0.05) is 49.6 Å². The third kappa shape index (κ3) is 4.32. The first-order valence-corrected chi connectivity index (χ1v) is 8.27. The Balaban J connectivity index is 1.89. The number of aryl methyl sites for hydroxylation is 1. The zero-order valence-electron chi connectivity index (χ0n) is 13.1. The molecule has 1 fully saturated rings. The molecular weight excluding hydrogens is 244 g/mol. The third-order valence-electron chi connectivity index (χ3n) is 4.67. The molecule has 0 bridgehead atoms. The van der Waals surface area contributed by atoms with Gasteiger partial charge in [-0.05, 0) is 44.7 Å². The second-order valence-electron chi connectivity index (χ2n) is 6.26. The molecule has 1 heterocycles. The maximum Gasteiger partial charge on any atom is 0.0307 e. The van der Waals surface area contributed by atoms with E-state index in [1.54, 1.807) is 0 Å². The maximum atomic E-state index is 6.38. The van der Waals surface area contributed by atoms with E-state index < -0.39 is 0 Å². The molecule has 2 atom stereocenters. The van der Waals surface area contributed by atoms with Crippen molar-refractivity contribution in [3.63, 3.8) is 0 Å². The lowest BCUT2D eigenvalue weighted by atomic mass is 10.0. The van der Waals surface area contributed by atoms with Crippen molar-refractivity contribution in [2.45, 2.75) is 64.5 Å². The van der Waals surface area contributed by atoms with Crippen LogP contribution in [0.2, 0.25) is 0 Å². The van der Waals surface area contributed by atoms with E-state index in [0.717, 1.165) is 19.0 Å². The summed E-state index contributed by atoms with van der Waals surface area (Å²) in [6.07, 6.45) is 7.88. The Hall–Kier alpha value is -0.860. The number of rotatable bonds is 5. The fraction of sp³-hybridized carbons (Fsp3) is 0.667. The van der Waals surface area contributed by atoms with Crippen LogP contribution in [0, 0.1) is 6.92 Å². The highest BCUT2D eigenvalue weighted by molar-refractivity contribution is 5.24. The summed E-state index contributed by atoms with van der Waals surface area (Å²) in [5.74, 6) is 0. The van der Waals surface area contributed by atoms with Gasteiger partial charge in [0.1, 0.15) is 0 Å².